The Balaban J connectivity index is 1.80. The first-order valence-electron chi connectivity index (χ1n) is 12.1. The van der Waals surface area contributed by atoms with Gasteiger partial charge in [-0.15, -0.1) is 0 Å². The number of likely N-dealkylation sites (tertiary alicyclic amines) is 1. The average Bonchev–Trinajstić information content (AvgIpc) is 3.54. The van der Waals surface area contributed by atoms with Crippen molar-refractivity contribution < 1.29 is 34.2 Å². The standard InChI is InChI=1S/C24H33N5O7/c25-20(31)10-9-17(27-21(32)16-3-1-11-26-16)22(33)28-18(13-14-5-7-15(30)8-6-14)23(34)29-12-2-4-19(29)24(35)36/h5-8,16-19,26,30H,1-4,9-13H2,(H2,25,31)(H,27,32)(H,28,33)(H,35,36). The third-order valence-corrected chi connectivity index (χ3v) is 6.50. The number of benzene rings is 1. The molecule has 2 heterocycles. The molecule has 0 aromatic heterocycles. The smallest absolute Gasteiger partial charge is 0.326 e. The van der Waals surface area contributed by atoms with Gasteiger partial charge in [-0.3, -0.25) is 19.2 Å². The van der Waals surface area contributed by atoms with Crippen molar-refractivity contribution in [2.24, 2.45) is 5.73 Å². The molecule has 2 aliphatic rings. The summed E-state index contributed by atoms with van der Waals surface area (Å²) < 4.78 is 0. The predicted molar refractivity (Wildman–Crippen MR) is 127 cm³/mol. The maximum atomic E-state index is 13.4. The second kappa shape index (κ2) is 12.3. The molecule has 36 heavy (non-hydrogen) atoms. The number of hydrogen-bond acceptors (Lipinski definition) is 7. The van der Waals surface area contributed by atoms with E-state index >= 15 is 0 Å². The number of aromatic hydroxyl groups is 1. The highest BCUT2D eigenvalue weighted by atomic mass is 16.4. The number of phenolic OH excluding ortho intramolecular Hbond substituents is 1. The SMILES string of the molecule is NC(=O)CCC(NC(=O)C1CCCN1)C(=O)NC(Cc1ccc(O)cc1)C(=O)N1CCCC1C(=O)O. The van der Waals surface area contributed by atoms with E-state index in [1.54, 1.807) is 12.1 Å². The molecule has 1 aromatic carbocycles. The van der Waals surface area contributed by atoms with Gasteiger partial charge >= 0.3 is 5.97 Å². The van der Waals surface area contributed by atoms with E-state index in [9.17, 15) is 34.2 Å². The van der Waals surface area contributed by atoms with Gasteiger partial charge in [-0.05, 0) is 56.3 Å². The van der Waals surface area contributed by atoms with Crippen LogP contribution in [0.25, 0.3) is 0 Å². The van der Waals surface area contributed by atoms with Crippen LogP contribution in [0.15, 0.2) is 24.3 Å². The second-order valence-electron chi connectivity index (χ2n) is 9.17. The van der Waals surface area contributed by atoms with Crippen LogP contribution in [0.3, 0.4) is 0 Å². The summed E-state index contributed by atoms with van der Waals surface area (Å²) in [4.78, 5) is 63.6. The van der Waals surface area contributed by atoms with Crippen molar-refractivity contribution in [3.63, 3.8) is 0 Å². The van der Waals surface area contributed by atoms with E-state index in [4.69, 9.17) is 5.73 Å². The summed E-state index contributed by atoms with van der Waals surface area (Å²) in [6.07, 6.45) is 2.10. The number of nitrogens with zero attached hydrogens (tertiary/aromatic N) is 1. The van der Waals surface area contributed by atoms with Crippen molar-refractivity contribution in [3.05, 3.63) is 29.8 Å². The van der Waals surface area contributed by atoms with Crippen molar-refractivity contribution >= 4 is 29.6 Å². The number of carboxylic acids is 1. The fourth-order valence-electron chi connectivity index (χ4n) is 4.56. The number of nitrogens with one attached hydrogen (secondary N) is 3. The Labute approximate surface area is 208 Å². The quantitative estimate of drug-likeness (QED) is 0.221. The summed E-state index contributed by atoms with van der Waals surface area (Å²) in [7, 11) is 0. The van der Waals surface area contributed by atoms with Gasteiger partial charge in [0.15, 0.2) is 0 Å². The predicted octanol–water partition coefficient (Wildman–Crippen LogP) is -1.00. The maximum absolute atomic E-state index is 13.4. The Hall–Kier alpha value is -3.67. The van der Waals surface area contributed by atoms with Gasteiger partial charge in [0.25, 0.3) is 0 Å². The molecule has 7 N–H and O–H groups in total. The van der Waals surface area contributed by atoms with Gasteiger partial charge in [0, 0.05) is 19.4 Å². The van der Waals surface area contributed by atoms with Crippen LogP contribution < -0.4 is 21.7 Å². The molecule has 2 saturated heterocycles. The minimum atomic E-state index is -1.13. The Kier molecular flexibility index (Phi) is 9.23. The van der Waals surface area contributed by atoms with E-state index in [1.807, 2.05) is 0 Å². The molecule has 3 rings (SSSR count). The monoisotopic (exact) mass is 503 g/mol. The lowest BCUT2D eigenvalue weighted by Gasteiger charge is -2.29. The van der Waals surface area contributed by atoms with E-state index in [0.29, 0.717) is 31.4 Å². The van der Waals surface area contributed by atoms with Crippen LogP contribution in [0.2, 0.25) is 0 Å². The third kappa shape index (κ3) is 7.17. The zero-order valence-corrected chi connectivity index (χ0v) is 19.9. The Morgan fingerprint density at radius 2 is 1.78 bits per heavy atom. The molecule has 0 spiro atoms. The molecule has 12 heteroatoms. The van der Waals surface area contributed by atoms with Crippen LogP contribution in [0, 0.1) is 0 Å². The molecule has 2 fully saturated rings. The molecule has 196 valence electrons. The molecule has 0 radical (unpaired) electrons. The Morgan fingerprint density at radius 1 is 1.06 bits per heavy atom. The highest BCUT2D eigenvalue weighted by Gasteiger charge is 2.38. The van der Waals surface area contributed by atoms with E-state index < -0.39 is 47.9 Å². The number of nitrogens with two attached hydrogens (primary N) is 1. The first kappa shape index (κ1) is 26.9. The number of phenols is 1. The van der Waals surface area contributed by atoms with Crippen LogP contribution in [0.1, 0.15) is 44.1 Å². The number of aliphatic carboxylic acids is 1. The molecule has 0 bridgehead atoms. The van der Waals surface area contributed by atoms with E-state index in [-0.39, 0.29) is 37.5 Å². The molecule has 2 aliphatic heterocycles. The molecule has 0 aliphatic carbocycles. The van der Waals surface area contributed by atoms with Crippen LogP contribution in [0.4, 0.5) is 0 Å². The van der Waals surface area contributed by atoms with E-state index in [2.05, 4.69) is 16.0 Å². The van der Waals surface area contributed by atoms with Gasteiger partial charge in [-0.2, -0.15) is 0 Å². The fraction of sp³-hybridized carbons (Fsp3) is 0.542. The van der Waals surface area contributed by atoms with Gasteiger partial charge in [-0.25, -0.2) is 4.79 Å². The zero-order valence-electron chi connectivity index (χ0n) is 19.9. The molecule has 4 amide bonds. The molecular weight excluding hydrogens is 470 g/mol. The third-order valence-electron chi connectivity index (χ3n) is 6.50. The van der Waals surface area contributed by atoms with Crippen molar-refractivity contribution in [1.82, 2.24) is 20.9 Å². The molecule has 1 aromatic rings. The number of amides is 4. The topological polar surface area (TPSA) is 191 Å². The second-order valence-corrected chi connectivity index (χ2v) is 9.17. The van der Waals surface area contributed by atoms with Crippen LogP contribution in [-0.2, 0) is 30.4 Å². The lowest BCUT2D eigenvalue weighted by atomic mass is 10.0. The highest BCUT2D eigenvalue weighted by Crippen LogP contribution is 2.20. The van der Waals surface area contributed by atoms with Crippen molar-refractivity contribution in [1.29, 1.82) is 0 Å². The minimum Gasteiger partial charge on any atom is -0.508 e. The highest BCUT2D eigenvalue weighted by molar-refractivity contribution is 5.94. The normalized spacial score (nSPS) is 20.9. The van der Waals surface area contributed by atoms with E-state index in [1.165, 1.54) is 17.0 Å². The van der Waals surface area contributed by atoms with Crippen LogP contribution >= 0.6 is 0 Å². The van der Waals surface area contributed by atoms with Gasteiger partial charge in [0.2, 0.25) is 23.6 Å². The Bertz CT molecular complexity index is 978. The number of primary amides is 1. The van der Waals surface area contributed by atoms with Crippen molar-refractivity contribution in [2.75, 3.05) is 13.1 Å². The molecule has 4 unspecified atom stereocenters. The Morgan fingerprint density at radius 3 is 2.39 bits per heavy atom. The summed E-state index contributed by atoms with van der Waals surface area (Å²) in [6.45, 7) is 0.924. The maximum Gasteiger partial charge on any atom is 0.326 e. The number of carbonyl (C=O) groups excluding carboxylic acids is 4. The number of rotatable bonds is 11. The van der Waals surface area contributed by atoms with Crippen molar-refractivity contribution in [2.45, 2.75) is 69.1 Å². The van der Waals surface area contributed by atoms with Crippen molar-refractivity contribution in [3.8, 4) is 5.75 Å². The van der Waals surface area contributed by atoms with Crippen LogP contribution in [-0.4, -0.2) is 82.0 Å². The average molecular weight is 504 g/mol. The summed E-state index contributed by atoms with van der Waals surface area (Å²) in [6, 6.07) is 2.39. The first-order chi connectivity index (χ1) is 17.2. The molecule has 12 nitrogen and oxygen atoms in total. The van der Waals surface area contributed by atoms with Gasteiger partial charge in [-0.1, -0.05) is 12.1 Å². The van der Waals surface area contributed by atoms with E-state index in [0.717, 1.165) is 6.42 Å². The molecule has 0 saturated carbocycles. The van der Waals surface area contributed by atoms with Gasteiger partial charge < -0.3 is 36.8 Å². The number of carboxylic acid groups (broad SMARTS) is 1. The summed E-state index contributed by atoms with van der Waals surface area (Å²) in [5, 5.41) is 27.5. The first-order valence-corrected chi connectivity index (χ1v) is 12.1. The number of hydrogen-bond donors (Lipinski definition) is 6. The fourth-order valence-corrected chi connectivity index (χ4v) is 4.56. The summed E-state index contributed by atoms with van der Waals surface area (Å²) in [5.41, 5.74) is 5.88. The lowest BCUT2D eigenvalue weighted by Crippen LogP contribution is -2.57. The number of carbonyl (C=O) groups is 5. The molecule has 4 atom stereocenters. The summed E-state index contributed by atoms with van der Waals surface area (Å²) in [5.74, 6) is -3.34. The van der Waals surface area contributed by atoms with Crippen LogP contribution in [0.5, 0.6) is 5.75 Å². The van der Waals surface area contributed by atoms with Gasteiger partial charge in [0.05, 0.1) is 6.04 Å². The summed E-state index contributed by atoms with van der Waals surface area (Å²) >= 11 is 0. The zero-order chi connectivity index (χ0) is 26.2. The minimum absolute atomic E-state index is 0.0332. The lowest BCUT2D eigenvalue weighted by molar-refractivity contribution is -0.149. The van der Waals surface area contributed by atoms with Gasteiger partial charge in [0.1, 0.15) is 23.9 Å². The largest absolute Gasteiger partial charge is 0.508 e. The molecular formula is C24H33N5O7.